The number of hydrogen-bond acceptors (Lipinski definition) is 2. The number of rotatable bonds is 3. The van der Waals surface area contributed by atoms with Gasteiger partial charge in [-0.05, 0) is 28.6 Å². The molecule has 0 amide bonds. The number of nitrogens with zero attached hydrogens (tertiary/aromatic N) is 2. The molecule has 0 saturated carbocycles. The third-order valence-corrected chi connectivity index (χ3v) is 4.56. The molecule has 0 saturated heterocycles. The van der Waals surface area contributed by atoms with Crippen LogP contribution in [0.15, 0.2) is 116 Å². The molecular formula is C28H19FIrN2-2. The number of hydrogen-bond donors (Lipinski definition) is 0. The van der Waals surface area contributed by atoms with Gasteiger partial charge in [0.25, 0.3) is 0 Å². The van der Waals surface area contributed by atoms with E-state index in [4.69, 9.17) is 0 Å². The van der Waals surface area contributed by atoms with Crippen molar-refractivity contribution in [3.05, 3.63) is 133 Å². The largest absolute Gasteiger partial charge is 0.305 e. The molecule has 0 aliphatic heterocycles. The number of benzene rings is 3. The van der Waals surface area contributed by atoms with Crippen LogP contribution in [0.4, 0.5) is 4.39 Å². The van der Waals surface area contributed by atoms with Gasteiger partial charge in [0.1, 0.15) is 0 Å². The van der Waals surface area contributed by atoms with Crippen molar-refractivity contribution < 1.29 is 24.5 Å². The molecule has 0 fully saturated rings. The Bertz CT molecular complexity index is 1180. The Morgan fingerprint density at radius 3 is 2.00 bits per heavy atom. The summed E-state index contributed by atoms with van der Waals surface area (Å²) in [6, 6.07) is 38.2. The first-order valence-corrected chi connectivity index (χ1v) is 9.87. The van der Waals surface area contributed by atoms with Gasteiger partial charge in [-0.2, -0.15) is 0 Å². The summed E-state index contributed by atoms with van der Waals surface area (Å²) in [5.74, 6) is -0.369. The van der Waals surface area contributed by atoms with Crippen LogP contribution < -0.4 is 0 Å². The van der Waals surface area contributed by atoms with Crippen molar-refractivity contribution in [3.63, 3.8) is 0 Å². The van der Waals surface area contributed by atoms with E-state index >= 15 is 0 Å². The van der Waals surface area contributed by atoms with Crippen molar-refractivity contribution in [1.29, 1.82) is 0 Å². The van der Waals surface area contributed by atoms with Crippen molar-refractivity contribution >= 4 is 0 Å². The zero-order chi connectivity index (χ0) is 21.3. The summed E-state index contributed by atoms with van der Waals surface area (Å²) in [4.78, 5) is 8.59. The van der Waals surface area contributed by atoms with Gasteiger partial charge in [0, 0.05) is 38.3 Å². The Kier molecular flexibility index (Phi) is 8.56. The fourth-order valence-electron chi connectivity index (χ4n) is 3.02. The summed E-state index contributed by atoms with van der Waals surface area (Å²) in [5, 5.41) is 0. The van der Waals surface area contributed by atoms with Crippen molar-refractivity contribution in [2.24, 2.45) is 0 Å². The monoisotopic (exact) mass is 595 g/mol. The van der Waals surface area contributed by atoms with Gasteiger partial charge in [-0.1, -0.05) is 54.6 Å². The summed E-state index contributed by atoms with van der Waals surface area (Å²) in [5.41, 5.74) is 5.56. The van der Waals surface area contributed by atoms with Crippen LogP contribution in [0.1, 0.15) is 0 Å². The number of aromatic nitrogens is 2. The maximum absolute atomic E-state index is 13.1. The van der Waals surface area contributed by atoms with E-state index in [1.807, 2.05) is 84.9 Å². The van der Waals surface area contributed by atoms with Gasteiger partial charge in [-0.25, -0.2) is 4.39 Å². The third kappa shape index (κ3) is 6.27. The smallest absolute Gasteiger partial charge is 0.0405 e. The second kappa shape index (κ2) is 11.8. The van der Waals surface area contributed by atoms with Crippen molar-refractivity contribution in [2.75, 3.05) is 0 Å². The van der Waals surface area contributed by atoms with E-state index in [1.54, 1.807) is 24.5 Å². The Balaban J connectivity index is 0.000000193. The van der Waals surface area contributed by atoms with E-state index in [1.165, 1.54) is 6.07 Å². The molecule has 159 valence electrons. The van der Waals surface area contributed by atoms with Crippen LogP contribution in [-0.4, -0.2) is 9.97 Å². The molecule has 0 aliphatic rings. The number of pyridine rings is 2. The normalized spacial score (nSPS) is 9.78. The minimum Gasteiger partial charge on any atom is -0.305 e. The molecule has 0 aliphatic carbocycles. The zero-order valence-electron chi connectivity index (χ0n) is 17.1. The van der Waals surface area contributed by atoms with Gasteiger partial charge in [-0.15, -0.1) is 65.7 Å². The van der Waals surface area contributed by atoms with E-state index in [0.29, 0.717) is 5.56 Å². The molecule has 0 spiro atoms. The Hall–Kier alpha value is -3.46. The van der Waals surface area contributed by atoms with E-state index in [2.05, 4.69) is 22.1 Å². The molecule has 2 heterocycles. The van der Waals surface area contributed by atoms with Crippen LogP contribution in [0.3, 0.4) is 0 Å². The van der Waals surface area contributed by atoms with Crippen LogP contribution in [0.5, 0.6) is 0 Å². The molecule has 1 radical (unpaired) electrons. The first-order chi connectivity index (χ1) is 15.3. The predicted octanol–water partition coefficient (Wildman–Crippen LogP) is 6.90. The third-order valence-electron chi connectivity index (χ3n) is 4.56. The van der Waals surface area contributed by atoms with Crippen LogP contribution in [0.25, 0.3) is 33.6 Å². The van der Waals surface area contributed by atoms with Gasteiger partial charge in [0.05, 0.1) is 0 Å². The quantitative estimate of drug-likeness (QED) is 0.213. The molecule has 32 heavy (non-hydrogen) atoms. The molecule has 2 nitrogen and oxygen atoms in total. The van der Waals surface area contributed by atoms with E-state index in [9.17, 15) is 4.39 Å². The van der Waals surface area contributed by atoms with Crippen molar-refractivity contribution in [3.8, 4) is 33.6 Å². The summed E-state index contributed by atoms with van der Waals surface area (Å²) < 4.78 is 13.1. The van der Waals surface area contributed by atoms with Gasteiger partial charge < -0.3 is 9.97 Å². The summed E-state index contributed by atoms with van der Waals surface area (Å²) in [6.07, 6.45) is 3.58. The van der Waals surface area contributed by atoms with E-state index in [-0.39, 0.29) is 25.9 Å². The van der Waals surface area contributed by atoms with Crippen LogP contribution >= 0.6 is 0 Å². The molecule has 2 aromatic heterocycles. The second-order valence-corrected chi connectivity index (χ2v) is 6.70. The molecular weight excluding hydrogens is 576 g/mol. The average Bonchev–Trinajstić information content (AvgIpc) is 2.86. The first-order valence-electron chi connectivity index (χ1n) is 9.87. The molecule has 0 unspecified atom stereocenters. The van der Waals surface area contributed by atoms with Gasteiger partial charge in [-0.3, -0.25) is 0 Å². The van der Waals surface area contributed by atoms with Crippen LogP contribution in [0, 0.1) is 17.9 Å². The molecule has 5 aromatic rings. The molecule has 3 aromatic carbocycles. The van der Waals surface area contributed by atoms with E-state index in [0.717, 1.165) is 28.1 Å². The van der Waals surface area contributed by atoms with Crippen molar-refractivity contribution in [2.45, 2.75) is 0 Å². The minimum atomic E-state index is -0.369. The molecule has 4 heteroatoms. The molecule has 5 rings (SSSR count). The average molecular weight is 595 g/mol. The fraction of sp³-hybridized carbons (Fsp3) is 0. The summed E-state index contributed by atoms with van der Waals surface area (Å²) >= 11 is 0. The van der Waals surface area contributed by atoms with Gasteiger partial charge >= 0.3 is 0 Å². The summed E-state index contributed by atoms with van der Waals surface area (Å²) in [6.45, 7) is 0. The van der Waals surface area contributed by atoms with Gasteiger partial charge in [0.15, 0.2) is 0 Å². The van der Waals surface area contributed by atoms with Crippen LogP contribution in [0.2, 0.25) is 0 Å². The van der Waals surface area contributed by atoms with Crippen molar-refractivity contribution in [1.82, 2.24) is 9.97 Å². The summed E-state index contributed by atoms with van der Waals surface area (Å²) in [7, 11) is 0. The first kappa shape index (κ1) is 23.2. The standard InChI is InChI=1S/C17H11FN.C11H8N.Ir/c18-16-8-4-7-14(11-16)17-10-9-15(12-19-17)13-5-2-1-3-6-13;1-2-6-10(7-3-1)11-8-4-5-9-12-11;/h1-10,12H;1-6,8-9H;/q2*-1;. The Morgan fingerprint density at radius 1 is 0.594 bits per heavy atom. The molecule has 0 bridgehead atoms. The minimum absolute atomic E-state index is 0. The Labute approximate surface area is 201 Å². The topological polar surface area (TPSA) is 25.8 Å². The zero-order valence-corrected chi connectivity index (χ0v) is 19.5. The fourth-order valence-corrected chi connectivity index (χ4v) is 3.02. The van der Waals surface area contributed by atoms with E-state index < -0.39 is 0 Å². The maximum Gasteiger partial charge on any atom is 0.0405 e. The maximum atomic E-state index is 13.1. The predicted molar refractivity (Wildman–Crippen MR) is 122 cm³/mol. The Morgan fingerprint density at radius 2 is 1.34 bits per heavy atom. The number of halogens is 1. The molecule has 0 atom stereocenters. The molecule has 0 N–H and O–H groups in total. The second-order valence-electron chi connectivity index (χ2n) is 6.70. The van der Waals surface area contributed by atoms with Gasteiger partial charge in [0.2, 0.25) is 0 Å². The van der Waals surface area contributed by atoms with Crippen LogP contribution in [-0.2, 0) is 20.1 Å². The SMILES string of the molecule is Fc1[c-]c(-c2ccc(-c3ccccc3)cn2)ccc1.[Ir].[c-]1ccccc1-c1ccccn1.